The van der Waals surface area contributed by atoms with Gasteiger partial charge >= 0.3 is 0 Å². The zero-order valence-corrected chi connectivity index (χ0v) is 15.7. The maximum Gasteiger partial charge on any atom is 0.154 e. The van der Waals surface area contributed by atoms with E-state index in [0.29, 0.717) is 24.4 Å². The Kier molecular flexibility index (Phi) is 4.84. The molecular formula is C19H15BrF2N4O. The van der Waals surface area contributed by atoms with E-state index in [9.17, 15) is 13.9 Å². The number of aliphatic hydroxyl groups excluding tert-OH is 1. The van der Waals surface area contributed by atoms with E-state index >= 15 is 0 Å². The van der Waals surface area contributed by atoms with Gasteiger partial charge in [-0.1, -0.05) is 22.0 Å². The predicted molar refractivity (Wildman–Crippen MR) is 105 cm³/mol. The average Bonchev–Trinajstić information content (AvgIpc) is 2.79. The van der Waals surface area contributed by atoms with Gasteiger partial charge in [-0.15, -0.1) is 5.10 Å². The smallest absolute Gasteiger partial charge is 0.154 e. The van der Waals surface area contributed by atoms with Gasteiger partial charge < -0.3 is 10.0 Å². The van der Waals surface area contributed by atoms with Gasteiger partial charge in [-0.2, -0.15) is 5.10 Å². The zero-order valence-electron chi connectivity index (χ0n) is 14.2. The molecule has 0 atom stereocenters. The highest BCUT2D eigenvalue weighted by Gasteiger charge is 2.29. The fraction of sp³-hybridized carbons (Fsp3) is 0.211. The van der Waals surface area contributed by atoms with Crippen LogP contribution < -0.4 is 4.90 Å². The number of amidine groups is 1. The topological polar surface area (TPSA) is 60.6 Å². The molecular weight excluding hydrogens is 418 g/mol. The van der Waals surface area contributed by atoms with E-state index < -0.39 is 11.6 Å². The third-order valence-corrected chi connectivity index (χ3v) is 4.94. The highest BCUT2D eigenvalue weighted by atomic mass is 79.9. The van der Waals surface area contributed by atoms with Crippen molar-refractivity contribution in [2.75, 3.05) is 24.6 Å². The zero-order chi connectivity index (χ0) is 19.0. The van der Waals surface area contributed by atoms with E-state index in [-0.39, 0.29) is 24.4 Å². The lowest BCUT2D eigenvalue weighted by Gasteiger charge is -2.28. The van der Waals surface area contributed by atoms with Crippen LogP contribution in [-0.2, 0) is 0 Å². The molecule has 138 valence electrons. The largest absolute Gasteiger partial charge is 0.396 e. The molecule has 0 unspecified atom stereocenters. The number of rotatable bonds is 3. The van der Waals surface area contributed by atoms with E-state index in [1.807, 2.05) is 17.0 Å². The third kappa shape index (κ3) is 3.30. The van der Waals surface area contributed by atoms with Gasteiger partial charge in [0, 0.05) is 23.1 Å². The van der Waals surface area contributed by atoms with E-state index in [2.05, 4.69) is 31.1 Å². The highest BCUT2D eigenvalue weighted by molar-refractivity contribution is 9.10. The first kappa shape index (κ1) is 17.9. The number of aliphatic hydroxyl groups is 1. The summed E-state index contributed by atoms with van der Waals surface area (Å²) in [6, 6.07) is 9.23. The van der Waals surface area contributed by atoms with Crippen LogP contribution in [0.2, 0.25) is 0 Å². The molecule has 5 nitrogen and oxygen atoms in total. The Hall–Kier alpha value is -2.45. The van der Waals surface area contributed by atoms with Crippen molar-refractivity contribution in [1.29, 1.82) is 0 Å². The van der Waals surface area contributed by atoms with Crippen LogP contribution in [0.3, 0.4) is 0 Å². The van der Waals surface area contributed by atoms with Crippen LogP contribution in [0.15, 0.2) is 56.1 Å². The van der Waals surface area contributed by atoms with Gasteiger partial charge in [-0.3, -0.25) is 4.99 Å². The van der Waals surface area contributed by atoms with Crippen LogP contribution in [0.1, 0.15) is 17.5 Å². The van der Waals surface area contributed by atoms with Crippen molar-refractivity contribution in [3.63, 3.8) is 0 Å². The van der Waals surface area contributed by atoms with Gasteiger partial charge in [-0.25, -0.2) is 8.78 Å². The average molecular weight is 433 g/mol. The van der Waals surface area contributed by atoms with Gasteiger partial charge in [0.15, 0.2) is 5.84 Å². The molecule has 0 saturated heterocycles. The highest BCUT2D eigenvalue weighted by Crippen LogP contribution is 2.32. The molecule has 1 N–H and O–H groups in total. The van der Waals surface area contributed by atoms with Crippen LogP contribution in [0.5, 0.6) is 0 Å². The summed E-state index contributed by atoms with van der Waals surface area (Å²) in [7, 11) is 0. The Balaban J connectivity index is 1.89. The van der Waals surface area contributed by atoms with Crippen molar-refractivity contribution in [2.45, 2.75) is 6.42 Å². The lowest BCUT2D eigenvalue weighted by molar-refractivity contribution is 0.306. The molecule has 27 heavy (non-hydrogen) atoms. The molecule has 0 aliphatic carbocycles. The van der Waals surface area contributed by atoms with Gasteiger partial charge in [0.2, 0.25) is 0 Å². The molecule has 0 fully saturated rings. The summed E-state index contributed by atoms with van der Waals surface area (Å²) in [5.41, 5.74) is 2.16. The normalized spacial score (nSPS) is 16.0. The molecule has 0 saturated carbocycles. The second-order valence-corrected chi connectivity index (χ2v) is 7.08. The first-order chi connectivity index (χ1) is 13.1. The molecule has 0 radical (unpaired) electrons. The standard InChI is InChI=1S/C19H15BrF2N4O/c20-11-4-5-13-16(8-11)26-10-12(6-7-27)24-25-17(26)9-23-19(13)18-14(21)2-1-3-15(18)22/h1-5,8,27H,6-7,9-10H2. The number of aliphatic imine (C=N–C) groups is 1. The molecule has 2 heterocycles. The number of hydrogen-bond acceptors (Lipinski definition) is 5. The van der Waals surface area contributed by atoms with E-state index in [1.54, 1.807) is 6.07 Å². The van der Waals surface area contributed by atoms with Crippen molar-refractivity contribution < 1.29 is 13.9 Å². The van der Waals surface area contributed by atoms with Crippen molar-refractivity contribution in [3.8, 4) is 0 Å². The fourth-order valence-corrected chi connectivity index (χ4v) is 3.54. The summed E-state index contributed by atoms with van der Waals surface area (Å²) in [4.78, 5) is 6.40. The van der Waals surface area contributed by atoms with Crippen LogP contribution in [0, 0.1) is 11.6 Å². The Morgan fingerprint density at radius 2 is 1.89 bits per heavy atom. The Bertz CT molecular complexity index is 983. The van der Waals surface area contributed by atoms with Crippen molar-refractivity contribution >= 4 is 38.9 Å². The molecule has 2 aromatic carbocycles. The maximum atomic E-state index is 14.4. The molecule has 2 aliphatic heterocycles. The summed E-state index contributed by atoms with van der Waals surface area (Å²) < 4.78 is 29.7. The van der Waals surface area contributed by atoms with Gasteiger partial charge in [0.25, 0.3) is 0 Å². The maximum absolute atomic E-state index is 14.4. The molecule has 8 heteroatoms. The monoisotopic (exact) mass is 432 g/mol. The molecule has 2 aliphatic rings. The third-order valence-electron chi connectivity index (χ3n) is 4.44. The van der Waals surface area contributed by atoms with Gasteiger partial charge in [-0.05, 0) is 30.3 Å². The van der Waals surface area contributed by atoms with Crippen LogP contribution in [-0.4, -0.2) is 42.1 Å². The molecule has 0 aromatic heterocycles. The quantitative estimate of drug-likeness (QED) is 0.806. The van der Waals surface area contributed by atoms with Gasteiger partial charge in [0.05, 0.1) is 35.8 Å². The van der Waals surface area contributed by atoms with Crippen LogP contribution in [0.4, 0.5) is 14.5 Å². The molecule has 2 aromatic rings. The lowest BCUT2D eigenvalue weighted by atomic mass is 9.99. The Morgan fingerprint density at radius 3 is 2.63 bits per heavy atom. The minimum absolute atomic E-state index is 0.0228. The predicted octanol–water partition coefficient (Wildman–Crippen LogP) is 3.54. The number of anilines is 1. The first-order valence-corrected chi connectivity index (χ1v) is 9.17. The summed E-state index contributed by atoms with van der Waals surface area (Å²) in [6.45, 7) is 0.557. The summed E-state index contributed by atoms with van der Waals surface area (Å²) in [5.74, 6) is -0.744. The van der Waals surface area contributed by atoms with E-state index in [0.717, 1.165) is 15.9 Å². The first-order valence-electron chi connectivity index (χ1n) is 8.38. The minimum atomic E-state index is -0.665. The number of nitrogens with zero attached hydrogens (tertiary/aromatic N) is 4. The number of fused-ring (bicyclic) bond motifs is 3. The molecule has 0 bridgehead atoms. The molecule has 0 spiro atoms. The SMILES string of the molecule is OCCC1=NN=C2CN=C(c3c(F)cccc3F)c3ccc(Br)cc3N2C1. The number of hydrogen-bond donors (Lipinski definition) is 1. The summed E-state index contributed by atoms with van der Waals surface area (Å²) in [6.07, 6.45) is 0.409. The minimum Gasteiger partial charge on any atom is -0.396 e. The lowest BCUT2D eigenvalue weighted by Crippen LogP contribution is -2.39. The fourth-order valence-electron chi connectivity index (χ4n) is 3.19. The van der Waals surface area contributed by atoms with Crippen molar-refractivity contribution in [2.24, 2.45) is 15.2 Å². The van der Waals surface area contributed by atoms with E-state index in [1.165, 1.54) is 18.2 Å². The van der Waals surface area contributed by atoms with Crippen molar-refractivity contribution in [1.82, 2.24) is 0 Å². The Labute approximate surface area is 162 Å². The molecule has 0 amide bonds. The number of benzene rings is 2. The van der Waals surface area contributed by atoms with Crippen molar-refractivity contribution in [3.05, 3.63) is 63.6 Å². The Morgan fingerprint density at radius 1 is 1.11 bits per heavy atom. The second-order valence-electron chi connectivity index (χ2n) is 6.17. The number of halogens is 3. The van der Waals surface area contributed by atoms with Crippen LogP contribution in [0.25, 0.3) is 0 Å². The summed E-state index contributed by atoms with van der Waals surface area (Å²) >= 11 is 3.46. The summed E-state index contributed by atoms with van der Waals surface area (Å²) in [5, 5.41) is 17.6. The van der Waals surface area contributed by atoms with E-state index in [4.69, 9.17) is 0 Å². The second kappa shape index (κ2) is 7.28. The molecule has 4 rings (SSSR count). The van der Waals surface area contributed by atoms with Crippen LogP contribution >= 0.6 is 15.9 Å². The van der Waals surface area contributed by atoms with Gasteiger partial charge in [0.1, 0.15) is 11.6 Å².